The number of aromatic nitrogens is 4. The standard InChI is InChI=1S/C32H35F2N9O/c1-40-13-3-14-41(17-16-40)19-22-5-7-23(8-6-22)30-29(34)32(37-25-4-2-15-42(21-25)28(44)11-12-35)39-31(38-30)26-18-36-27-10-9-24(33)20-43(26)27/h5-10,18,20,25H,2-4,11,13-17,19,21H2,1H3,(H,37,38,39)/t25-/m1/s1. The number of rotatable bonds is 7. The van der Waals surface area contributed by atoms with Crippen LogP contribution in [0.3, 0.4) is 0 Å². The Labute approximate surface area is 254 Å². The van der Waals surface area contributed by atoms with Gasteiger partial charge in [-0.05, 0) is 57.1 Å². The van der Waals surface area contributed by atoms with Crippen LogP contribution < -0.4 is 5.32 Å². The Balaban J connectivity index is 1.33. The highest BCUT2D eigenvalue weighted by molar-refractivity contribution is 5.78. The van der Waals surface area contributed by atoms with Gasteiger partial charge < -0.3 is 15.1 Å². The van der Waals surface area contributed by atoms with Gasteiger partial charge in [0.25, 0.3) is 0 Å². The van der Waals surface area contributed by atoms with Gasteiger partial charge in [-0.15, -0.1) is 0 Å². The van der Waals surface area contributed by atoms with E-state index in [1.165, 1.54) is 12.3 Å². The monoisotopic (exact) mass is 599 g/mol. The van der Waals surface area contributed by atoms with Crippen molar-refractivity contribution >= 4 is 17.4 Å². The zero-order valence-electron chi connectivity index (χ0n) is 24.7. The van der Waals surface area contributed by atoms with Crippen LogP contribution in [0.2, 0.25) is 0 Å². The predicted molar refractivity (Wildman–Crippen MR) is 162 cm³/mol. The van der Waals surface area contributed by atoms with Gasteiger partial charge in [0.2, 0.25) is 5.91 Å². The van der Waals surface area contributed by atoms with Crippen LogP contribution in [0.15, 0.2) is 48.8 Å². The average Bonchev–Trinajstić information content (AvgIpc) is 3.33. The van der Waals surface area contributed by atoms with E-state index in [-0.39, 0.29) is 35.7 Å². The molecule has 1 atom stereocenters. The second-order valence-electron chi connectivity index (χ2n) is 11.6. The van der Waals surface area contributed by atoms with Crippen molar-refractivity contribution < 1.29 is 13.6 Å². The Morgan fingerprint density at radius 1 is 1.05 bits per heavy atom. The van der Waals surface area contributed by atoms with Gasteiger partial charge >= 0.3 is 0 Å². The molecule has 5 heterocycles. The number of fused-ring (bicyclic) bond motifs is 1. The van der Waals surface area contributed by atoms with Gasteiger partial charge in [0.1, 0.15) is 29.3 Å². The first-order valence-corrected chi connectivity index (χ1v) is 15.0. The van der Waals surface area contributed by atoms with Crippen LogP contribution in [0.4, 0.5) is 14.6 Å². The quantitative estimate of drug-likeness (QED) is 0.337. The Morgan fingerprint density at radius 3 is 2.70 bits per heavy atom. The van der Waals surface area contributed by atoms with Crippen molar-refractivity contribution in [2.24, 2.45) is 0 Å². The summed E-state index contributed by atoms with van der Waals surface area (Å²) in [4.78, 5) is 32.3. The second-order valence-corrected chi connectivity index (χ2v) is 11.6. The number of carbonyl (C=O) groups is 1. The summed E-state index contributed by atoms with van der Waals surface area (Å²) in [6, 6.07) is 12.3. The number of pyridine rings is 1. The fourth-order valence-corrected chi connectivity index (χ4v) is 5.95. The van der Waals surface area contributed by atoms with E-state index in [0.717, 1.165) is 44.7 Å². The van der Waals surface area contributed by atoms with Crippen LogP contribution in [0.5, 0.6) is 0 Å². The minimum Gasteiger partial charge on any atom is -0.363 e. The van der Waals surface area contributed by atoms with Crippen molar-refractivity contribution in [2.75, 3.05) is 51.6 Å². The van der Waals surface area contributed by atoms with Crippen molar-refractivity contribution in [1.82, 2.24) is 34.1 Å². The van der Waals surface area contributed by atoms with Gasteiger partial charge in [0.05, 0.1) is 12.3 Å². The number of hydrogen-bond acceptors (Lipinski definition) is 8. The van der Waals surface area contributed by atoms with Crippen molar-refractivity contribution in [3.8, 4) is 28.8 Å². The molecule has 1 N–H and O–H groups in total. The molecule has 10 nitrogen and oxygen atoms in total. The van der Waals surface area contributed by atoms with Crippen LogP contribution in [0.1, 0.15) is 31.2 Å². The summed E-state index contributed by atoms with van der Waals surface area (Å²) in [7, 11) is 2.15. The Kier molecular flexibility index (Phi) is 8.77. The number of likely N-dealkylation sites (N-methyl/N-ethyl adjacent to an activating group) is 1. The van der Waals surface area contributed by atoms with E-state index < -0.39 is 11.6 Å². The van der Waals surface area contributed by atoms with Crippen LogP contribution >= 0.6 is 0 Å². The number of anilines is 1. The van der Waals surface area contributed by atoms with E-state index in [2.05, 4.69) is 37.1 Å². The van der Waals surface area contributed by atoms with Crippen LogP contribution in [-0.2, 0) is 11.3 Å². The largest absolute Gasteiger partial charge is 0.363 e. The van der Waals surface area contributed by atoms with Crippen LogP contribution in [-0.4, -0.2) is 92.3 Å². The number of nitrogens with zero attached hydrogens (tertiary/aromatic N) is 8. The van der Waals surface area contributed by atoms with E-state index >= 15 is 4.39 Å². The number of nitrogens with one attached hydrogen (secondary N) is 1. The van der Waals surface area contributed by atoms with E-state index in [0.29, 0.717) is 42.8 Å². The third-order valence-electron chi connectivity index (χ3n) is 8.34. The summed E-state index contributed by atoms with van der Waals surface area (Å²) < 4.78 is 32.0. The van der Waals surface area contributed by atoms with Gasteiger partial charge in [-0.2, -0.15) is 5.26 Å². The van der Waals surface area contributed by atoms with Gasteiger partial charge in [0.15, 0.2) is 17.5 Å². The third-order valence-corrected chi connectivity index (χ3v) is 8.34. The summed E-state index contributed by atoms with van der Waals surface area (Å²) in [5.74, 6) is -1.13. The Bertz CT molecular complexity index is 1680. The lowest BCUT2D eigenvalue weighted by molar-refractivity contribution is -0.131. The van der Waals surface area contributed by atoms with Gasteiger partial charge in [0, 0.05) is 50.5 Å². The molecule has 0 spiro atoms. The maximum atomic E-state index is 16.2. The van der Waals surface area contributed by atoms with Gasteiger partial charge in [-0.25, -0.2) is 23.7 Å². The highest BCUT2D eigenvalue weighted by Crippen LogP contribution is 2.30. The Hall–Kier alpha value is -4.47. The molecule has 44 heavy (non-hydrogen) atoms. The first-order valence-electron chi connectivity index (χ1n) is 15.0. The molecular weight excluding hydrogens is 564 g/mol. The minimum absolute atomic E-state index is 0.00583. The molecule has 0 bridgehead atoms. The number of likely N-dealkylation sites (tertiary alicyclic amines) is 1. The van der Waals surface area contributed by atoms with E-state index in [1.807, 2.05) is 30.3 Å². The van der Waals surface area contributed by atoms with Gasteiger partial charge in [-0.3, -0.25) is 14.1 Å². The molecule has 12 heteroatoms. The molecule has 1 amide bonds. The highest BCUT2D eigenvalue weighted by Gasteiger charge is 2.26. The smallest absolute Gasteiger partial charge is 0.236 e. The first kappa shape index (κ1) is 29.6. The molecule has 2 aliphatic rings. The normalized spacial score (nSPS) is 18.2. The molecule has 2 saturated heterocycles. The number of imidazole rings is 1. The summed E-state index contributed by atoms with van der Waals surface area (Å²) in [6.07, 6.45) is 5.18. The molecule has 0 radical (unpaired) electrons. The molecule has 6 rings (SSSR count). The number of carbonyl (C=O) groups excluding carboxylic acids is 1. The summed E-state index contributed by atoms with van der Waals surface area (Å²) in [6.45, 7) is 5.85. The van der Waals surface area contributed by atoms with Crippen LogP contribution in [0.25, 0.3) is 28.4 Å². The topological polar surface area (TPSA) is 106 Å². The predicted octanol–water partition coefficient (Wildman–Crippen LogP) is 4.19. The summed E-state index contributed by atoms with van der Waals surface area (Å²) >= 11 is 0. The minimum atomic E-state index is -0.613. The maximum absolute atomic E-state index is 16.2. The summed E-state index contributed by atoms with van der Waals surface area (Å²) in [5, 5.41) is 12.2. The molecule has 1 aromatic carbocycles. The Morgan fingerprint density at radius 2 is 1.89 bits per heavy atom. The zero-order valence-corrected chi connectivity index (χ0v) is 24.7. The summed E-state index contributed by atoms with van der Waals surface area (Å²) in [5.41, 5.74) is 2.75. The zero-order chi connectivity index (χ0) is 30.6. The molecule has 0 aliphatic carbocycles. The SMILES string of the molecule is CN1CCCN(Cc2ccc(-c3nc(-c4cnc5ccc(F)cn45)nc(N[C@@H]4CCCN(C(=O)CC#N)C4)c3F)cc2)CC1. The van der Waals surface area contributed by atoms with E-state index in [4.69, 9.17) is 5.26 Å². The number of nitriles is 1. The molecule has 2 aliphatic heterocycles. The van der Waals surface area contributed by atoms with Crippen LogP contribution in [0, 0.1) is 23.0 Å². The van der Waals surface area contributed by atoms with Gasteiger partial charge in [-0.1, -0.05) is 24.3 Å². The van der Waals surface area contributed by atoms with Crippen molar-refractivity contribution in [1.29, 1.82) is 5.26 Å². The lowest BCUT2D eigenvalue weighted by Crippen LogP contribution is -2.45. The number of piperidine rings is 1. The molecule has 2 fully saturated rings. The molecule has 228 valence electrons. The fraction of sp³-hybridized carbons (Fsp3) is 0.406. The number of hydrogen-bond donors (Lipinski definition) is 1. The lowest BCUT2D eigenvalue weighted by Gasteiger charge is -2.33. The fourth-order valence-electron chi connectivity index (χ4n) is 5.95. The van der Waals surface area contributed by atoms with Crippen molar-refractivity contribution in [2.45, 2.75) is 38.3 Å². The third kappa shape index (κ3) is 6.54. The number of amides is 1. The molecular formula is C32H35F2N9O. The molecule has 0 saturated carbocycles. The number of benzene rings is 1. The number of halogens is 2. The lowest BCUT2D eigenvalue weighted by atomic mass is 10.0. The second kappa shape index (κ2) is 13.0. The maximum Gasteiger partial charge on any atom is 0.236 e. The van der Waals surface area contributed by atoms with Crippen molar-refractivity contribution in [3.63, 3.8) is 0 Å². The first-order chi connectivity index (χ1) is 21.4. The highest BCUT2D eigenvalue weighted by atomic mass is 19.1. The molecule has 3 aromatic heterocycles. The van der Waals surface area contributed by atoms with Crippen molar-refractivity contribution in [3.05, 3.63) is 66.0 Å². The van der Waals surface area contributed by atoms with E-state index in [1.54, 1.807) is 21.6 Å². The molecule has 0 unspecified atom stereocenters. The average molecular weight is 600 g/mol. The molecule has 4 aromatic rings. The van der Waals surface area contributed by atoms with E-state index in [9.17, 15) is 9.18 Å².